The van der Waals surface area contributed by atoms with Gasteiger partial charge in [-0.3, -0.25) is 0 Å². The lowest BCUT2D eigenvalue weighted by molar-refractivity contribution is -0.140. The molecule has 0 amide bonds. The Hall–Kier alpha value is -0.120. The van der Waals surface area contributed by atoms with Crippen LogP contribution in [0.4, 0.5) is 0 Å². The zero-order chi connectivity index (χ0) is 13.1. The minimum atomic E-state index is 0.116. The summed E-state index contributed by atoms with van der Waals surface area (Å²) in [5.74, 6) is 0. The third-order valence-electron chi connectivity index (χ3n) is 4.72. The standard InChI is InChI=1S/C15H29NO2/c1-4-14(2,3)12-16-13-5-8-18-15(11-13)6-9-17-10-7-15/h13,16H,4-12H2,1-3H3. The molecule has 2 heterocycles. The van der Waals surface area contributed by atoms with Crippen LogP contribution in [0.5, 0.6) is 0 Å². The van der Waals surface area contributed by atoms with Crippen LogP contribution in [0, 0.1) is 5.41 Å². The lowest BCUT2D eigenvalue weighted by Crippen LogP contribution is -2.51. The van der Waals surface area contributed by atoms with Gasteiger partial charge in [0.05, 0.1) is 5.60 Å². The third kappa shape index (κ3) is 3.69. The highest BCUT2D eigenvalue weighted by Crippen LogP contribution is 2.34. The van der Waals surface area contributed by atoms with Crippen molar-refractivity contribution >= 4 is 0 Å². The summed E-state index contributed by atoms with van der Waals surface area (Å²) in [7, 11) is 0. The van der Waals surface area contributed by atoms with Crippen LogP contribution >= 0.6 is 0 Å². The first-order valence-electron chi connectivity index (χ1n) is 7.50. The van der Waals surface area contributed by atoms with Crippen LogP contribution in [0.3, 0.4) is 0 Å². The highest BCUT2D eigenvalue weighted by atomic mass is 16.5. The molecule has 0 saturated carbocycles. The van der Waals surface area contributed by atoms with Gasteiger partial charge in [-0.05, 0) is 37.5 Å². The van der Waals surface area contributed by atoms with Gasteiger partial charge >= 0.3 is 0 Å². The normalized spacial score (nSPS) is 28.5. The van der Waals surface area contributed by atoms with Crippen molar-refractivity contribution in [3.8, 4) is 0 Å². The Morgan fingerprint density at radius 1 is 1.22 bits per heavy atom. The minimum Gasteiger partial charge on any atom is -0.381 e. The zero-order valence-corrected chi connectivity index (χ0v) is 12.3. The van der Waals surface area contributed by atoms with E-state index >= 15 is 0 Å². The van der Waals surface area contributed by atoms with E-state index in [2.05, 4.69) is 26.1 Å². The van der Waals surface area contributed by atoms with E-state index in [0.717, 1.165) is 52.0 Å². The van der Waals surface area contributed by atoms with Crippen LogP contribution in [0.2, 0.25) is 0 Å². The van der Waals surface area contributed by atoms with Crippen molar-refractivity contribution in [1.82, 2.24) is 5.32 Å². The Labute approximate surface area is 112 Å². The summed E-state index contributed by atoms with van der Waals surface area (Å²) in [6, 6.07) is 0.627. The molecule has 2 aliphatic rings. The predicted octanol–water partition coefficient (Wildman–Crippen LogP) is 2.74. The summed E-state index contributed by atoms with van der Waals surface area (Å²) in [4.78, 5) is 0. The van der Waals surface area contributed by atoms with Crippen LogP contribution in [0.1, 0.15) is 52.9 Å². The Balaban J connectivity index is 1.83. The van der Waals surface area contributed by atoms with Crippen molar-refractivity contribution in [3.63, 3.8) is 0 Å². The molecule has 2 saturated heterocycles. The maximum absolute atomic E-state index is 6.07. The van der Waals surface area contributed by atoms with E-state index in [1.165, 1.54) is 6.42 Å². The number of ether oxygens (including phenoxy) is 2. The Morgan fingerprint density at radius 3 is 2.61 bits per heavy atom. The van der Waals surface area contributed by atoms with Crippen LogP contribution in [-0.4, -0.2) is 38.0 Å². The molecule has 0 aromatic heterocycles. The Bertz CT molecular complexity index is 254. The van der Waals surface area contributed by atoms with E-state index in [1.807, 2.05) is 0 Å². The molecule has 2 rings (SSSR count). The fraction of sp³-hybridized carbons (Fsp3) is 1.00. The van der Waals surface area contributed by atoms with E-state index in [4.69, 9.17) is 9.47 Å². The molecule has 0 aromatic rings. The number of hydrogen-bond donors (Lipinski definition) is 1. The van der Waals surface area contributed by atoms with Crippen LogP contribution in [0.25, 0.3) is 0 Å². The lowest BCUT2D eigenvalue weighted by Gasteiger charge is -2.44. The molecule has 3 heteroatoms. The number of hydrogen-bond acceptors (Lipinski definition) is 3. The molecule has 1 N–H and O–H groups in total. The Morgan fingerprint density at radius 2 is 1.94 bits per heavy atom. The van der Waals surface area contributed by atoms with Gasteiger partial charge in [0.1, 0.15) is 0 Å². The molecule has 1 atom stereocenters. The second-order valence-corrected chi connectivity index (χ2v) is 6.73. The van der Waals surface area contributed by atoms with Gasteiger partial charge in [0.25, 0.3) is 0 Å². The largest absolute Gasteiger partial charge is 0.381 e. The van der Waals surface area contributed by atoms with Crippen molar-refractivity contribution in [2.45, 2.75) is 64.5 Å². The average molecular weight is 255 g/mol. The fourth-order valence-corrected chi connectivity index (χ4v) is 2.84. The van der Waals surface area contributed by atoms with E-state index in [-0.39, 0.29) is 5.60 Å². The molecule has 18 heavy (non-hydrogen) atoms. The van der Waals surface area contributed by atoms with Gasteiger partial charge in [-0.25, -0.2) is 0 Å². The maximum Gasteiger partial charge on any atom is 0.0741 e. The van der Waals surface area contributed by atoms with E-state index in [1.54, 1.807) is 0 Å². The quantitative estimate of drug-likeness (QED) is 0.838. The van der Waals surface area contributed by atoms with Crippen molar-refractivity contribution in [2.75, 3.05) is 26.4 Å². The molecule has 2 fully saturated rings. The van der Waals surface area contributed by atoms with Gasteiger partial charge in [0, 0.05) is 32.4 Å². The average Bonchev–Trinajstić information content (AvgIpc) is 2.38. The molecule has 106 valence electrons. The highest BCUT2D eigenvalue weighted by Gasteiger charge is 2.39. The van der Waals surface area contributed by atoms with E-state index < -0.39 is 0 Å². The molecule has 1 unspecified atom stereocenters. The number of nitrogens with one attached hydrogen (secondary N) is 1. The first kappa shape index (κ1) is 14.3. The van der Waals surface area contributed by atoms with Crippen molar-refractivity contribution in [3.05, 3.63) is 0 Å². The summed E-state index contributed by atoms with van der Waals surface area (Å²) >= 11 is 0. The van der Waals surface area contributed by atoms with E-state index in [9.17, 15) is 0 Å². The highest BCUT2D eigenvalue weighted by molar-refractivity contribution is 4.92. The first-order chi connectivity index (χ1) is 8.55. The topological polar surface area (TPSA) is 30.5 Å². The van der Waals surface area contributed by atoms with Gasteiger partial charge in [-0.15, -0.1) is 0 Å². The van der Waals surface area contributed by atoms with Crippen molar-refractivity contribution in [1.29, 1.82) is 0 Å². The molecule has 1 spiro atoms. The summed E-state index contributed by atoms with van der Waals surface area (Å²) in [5, 5.41) is 3.76. The number of rotatable bonds is 4. The minimum absolute atomic E-state index is 0.116. The molecule has 0 bridgehead atoms. The first-order valence-corrected chi connectivity index (χ1v) is 7.50. The molecule has 2 aliphatic heterocycles. The monoisotopic (exact) mass is 255 g/mol. The molecule has 0 aromatic carbocycles. The lowest BCUT2D eigenvalue weighted by atomic mass is 9.83. The summed E-state index contributed by atoms with van der Waals surface area (Å²) in [6.45, 7) is 10.7. The fourth-order valence-electron chi connectivity index (χ4n) is 2.84. The van der Waals surface area contributed by atoms with Crippen LogP contribution < -0.4 is 5.32 Å². The molecular weight excluding hydrogens is 226 g/mol. The second-order valence-electron chi connectivity index (χ2n) is 6.73. The van der Waals surface area contributed by atoms with Gasteiger partial charge < -0.3 is 14.8 Å². The van der Waals surface area contributed by atoms with E-state index in [0.29, 0.717) is 11.5 Å². The summed E-state index contributed by atoms with van der Waals surface area (Å²) < 4.78 is 11.5. The molecule has 3 nitrogen and oxygen atoms in total. The second kappa shape index (κ2) is 5.89. The zero-order valence-electron chi connectivity index (χ0n) is 12.3. The van der Waals surface area contributed by atoms with Crippen molar-refractivity contribution in [2.24, 2.45) is 5.41 Å². The van der Waals surface area contributed by atoms with Crippen LogP contribution in [0.15, 0.2) is 0 Å². The maximum atomic E-state index is 6.07. The molecular formula is C15H29NO2. The third-order valence-corrected chi connectivity index (χ3v) is 4.72. The van der Waals surface area contributed by atoms with Gasteiger partial charge in [-0.2, -0.15) is 0 Å². The summed E-state index contributed by atoms with van der Waals surface area (Å²) in [6.07, 6.45) is 5.69. The van der Waals surface area contributed by atoms with Gasteiger partial charge in [0.15, 0.2) is 0 Å². The Kier molecular flexibility index (Phi) is 4.68. The van der Waals surface area contributed by atoms with Gasteiger partial charge in [0.2, 0.25) is 0 Å². The predicted molar refractivity (Wildman–Crippen MR) is 73.8 cm³/mol. The van der Waals surface area contributed by atoms with Crippen LogP contribution in [-0.2, 0) is 9.47 Å². The molecule has 0 aliphatic carbocycles. The SMILES string of the molecule is CCC(C)(C)CNC1CCOC2(CCOCC2)C1. The van der Waals surface area contributed by atoms with Crippen molar-refractivity contribution < 1.29 is 9.47 Å². The van der Waals surface area contributed by atoms with Gasteiger partial charge in [-0.1, -0.05) is 20.8 Å². The molecule has 0 radical (unpaired) electrons. The summed E-state index contributed by atoms with van der Waals surface area (Å²) in [5.41, 5.74) is 0.520. The smallest absolute Gasteiger partial charge is 0.0741 e.